The number of halogens is 1. The van der Waals surface area contributed by atoms with Crippen molar-refractivity contribution in [1.82, 2.24) is 10.2 Å². The zero-order valence-electron chi connectivity index (χ0n) is 26.1. The molecule has 45 heavy (non-hydrogen) atoms. The van der Waals surface area contributed by atoms with E-state index in [1.54, 1.807) is 36.4 Å². The van der Waals surface area contributed by atoms with Crippen LogP contribution in [0.15, 0.2) is 112 Å². The van der Waals surface area contributed by atoms with Gasteiger partial charge in [-0.05, 0) is 74.7 Å². The number of carbonyl (C=O) groups is 2. The van der Waals surface area contributed by atoms with Gasteiger partial charge >= 0.3 is 0 Å². The van der Waals surface area contributed by atoms with Crippen molar-refractivity contribution in [3.05, 3.63) is 130 Å². The second kappa shape index (κ2) is 15.4. The Morgan fingerprint density at radius 1 is 0.800 bits per heavy atom. The van der Waals surface area contributed by atoms with E-state index in [1.807, 2.05) is 94.4 Å². The van der Waals surface area contributed by atoms with E-state index < -0.39 is 28.5 Å². The molecule has 2 unspecified atom stereocenters. The van der Waals surface area contributed by atoms with Gasteiger partial charge in [0.15, 0.2) is 0 Å². The number of nitrogens with one attached hydrogen (secondary N) is 1. The number of aryl methyl sites for hydroxylation is 2. The fourth-order valence-corrected chi connectivity index (χ4v) is 6.54. The lowest BCUT2D eigenvalue weighted by Crippen LogP contribution is -2.54. The maximum atomic E-state index is 14.5. The highest BCUT2D eigenvalue weighted by Gasteiger charge is 2.35. The van der Waals surface area contributed by atoms with Crippen LogP contribution in [0.1, 0.15) is 42.5 Å². The lowest BCUT2D eigenvalue weighted by molar-refractivity contribution is -0.140. The zero-order chi connectivity index (χ0) is 32.6. The van der Waals surface area contributed by atoms with E-state index >= 15 is 0 Å². The molecule has 0 saturated heterocycles. The minimum Gasteiger partial charge on any atom is -0.352 e. The number of hydrogen-bond donors (Lipinski definition) is 1. The highest BCUT2D eigenvalue weighted by atomic mass is 79.9. The molecule has 0 aliphatic carbocycles. The van der Waals surface area contributed by atoms with Crippen molar-refractivity contribution in [1.29, 1.82) is 0 Å². The Morgan fingerprint density at radius 3 is 1.96 bits per heavy atom. The summed E-state index contributed by atoms with van der Waals surface area (Å²) in [5, 5.41) is 3.06. The number of nitrogens with zero attached hydrogens (tertiary/aromatic N) is 2. The van der Waals surface area contributed by atoms with Crippen LogP contribution in [-0.4, -0.2) is 43.8 Å². The third-order valence-corrected chi connectivity index (χ3v) is 10.1. The lowest BCUT2D eigenvalue weighted by Gasteiger charge is -2.34. The molecule has 4 aromatic carbocycles. The largest absolute Gasteiger partial charge is 0.352 e. The number of benzene rings is 4. The summed E-state index contributed by atoms with van der Waals surface area (Å²) in [5.41, 5.74) is 3.94. The summed E-state index contributed by atoms with van der Waals surface area (Å²) in [6.07, 6.45) is 0.987. The molecule has 0 fully saturated rings. The third kappa shape index (κ3) is 9.05. The Morgan fingerprint density at radius 2 is 1.38 bits per heavy atom. The zero-order valence-corrected chi connectivity index (χ0v) is 28.5. The van der Waals surface area contributed by atoms with Crippen LogP contribution in [0.5, 0.6) is 0 Å². The Bertz CT molecular complexity index is 1680. The fourth-order valence-electron chi connectivity index (χ4n) is 4.86. The topological polar surface area (TPSA) is 86.8 Å². The smallest absolute Gasteiger partial charge is 0.264 e. The van der Waals surface area contributed by atoms with E-state index in [0.717, 1.165) is 37.5 Å². The molecule has 0 aromatic heterocycles. The molecule has 0 spiro atoms. The highest BCUT2D eigenvalue weighted by Crippen LogP contribution is 2.26. The van der Waals surface area contributed by atoms with Gasteiger partial charge in [0.2, 0.25) is 11.8 Å². The summed E-state index contributed by atoms with van der Waals surface area (Å²) in [4.78, 5) is 30.0. The maximum Gasteiger partial charge on any atom is 0.264 e. The Balaban J connectivity index is 1.80. The predicted molar refractivity (Wildman–Crippen MR) is 183 cm³/mol. The second-order valence-electron chi connectivity index (χ2n) is 11.3. The average molecular weight is 691 g/mol. The van der Waals surface area contributed by atoms with Gasteiger partial charge in [0.1, 0.15) is 12.6 Å². The number of amides is 2. The Kier molecular flexibility index (Phi) is 11.6. The Labute approximate surface area is 275 Å². The van der Waals surface area contributed by atoms with Crippen LogP contribution in [0, 0.1) is 13.8 Å². The first-order valence-corrected chi connectivity index (χ1v) is 17.3. The molecule has 7 nitrogen and oxygen atoms in total. The average Bonchev–Trinajstić information content (AvgIpc) is 3.03. The second-order valence-corrected chi connectivity index (χ2v) is 14.1. The molecule has 0 bridgehead atoms. The SMILES string of the molecule is CCC(C)NC(=O)C(Cc1ccccc1)N(Cc1ccc(Br)cc1)C(=O)CN(c1ccc(C)cc1)S(=O)(=O)c1ccc(C)cc1. The molecular weight excluding hydrogens is 650 g/mol. The van der Waals surface area contributed by atoms with E-state index in [0.29, 0.717) is 5.69 Å². The van der Waals surface area contributed by atoms with E-state index in [-0.39, 0.29) is 29.8 Å². The monoisotopic (exact) mass is 689 g/mol. The van der Waals surface area contributed by atoms with Gasteiger partial charge < -0.3 is 10.2 Å². The molecule has 2 amide bonds. The molecule has 0 aliphatic heterocycles. The molecule has 0 aliphatic rings. The van der Waals surface area contributed by atoms with Crippen molar-refractivity contribution < 1.29 is 18.0 Å². The van der Waals surface area contributed by atoms with Crippen LogP contribution in [0.3, 0.4) is 0 Å². The normalized spacial score (nSPS) is 12.6. The van der Waals surface area contributed by atoms with Crippen LogP contribution in [0.25, 0.3) is 0 Å². The maximum absolute atomic E-state index is 14.5. The molecule has 0 radical (unpaired) electrons. The van der Waals surface area contributed by atoms with Crippen molar-refractivity contribution in [3.8, 4) is 0 Å². The van der Waals surface area contributed by atoms with Gasteiger partial charge in [-0.2, -0.15) is 0 Å². The van der Waals surface area contributed by atoms with E-state index in [4.69, 9.17) is 0 Å². The van der Waals surface area contributed by atoms with E-state index in [2.05, 4.69) is 21.2 Å². The summed E-state index contributed by atoms with van der Waals surface area (Å²) in [7, 11) is -4.14. The number of carbonyl (C=O) groups excluding carboxylic acids is 2. The van der Waals surface area contributed by atoms with Crippen LogP contribution in [0.2, 0.25) is 0 Å². The van der Waals surface area contributed by atoms with Crippen molar-refractivity contribution in [2.45, 2.75) is 64.1 Å². The molecular formula is C36H40BrN3O4S. The first-order valence-electron chi connectivity index (χ1n) is 15.0. The van der Waals surface area contributed by atoms with Gasteiger partial charge in [-0.25, -0.2) is 8.42 Å². The molecule has 236 valence electrons. The Hall–Kier alpha value is -3.95. The first kappa shape index (κ1) is 33.9. The summed E-state index contributed by atoms with van der Waals surface area (Å²) in [6.45, 7) is 7.33. The summed E-state index contributed by atoms with van der Waals surface area (Å²) >= 11 is 3.47. The number of rotatable bonds is 13. The molecule has 4 rings (SSSR count). The summed E-state index contributed by atoms with van der Waals surface area (Å²) in [6, 6.07) is 29.7. The van der Waals surface area contributed by atoms with Crippen LogP contribution in [-0.2, 0) is 32.6 Å². The van der Waals surface area contributed by atoms with Crippen LogP contribution >= 0.6 is 15.9 Å². The molecule has 0 saturated carbocycles. The summed E-state index contributed by atoms with van der Waals surface area (Å²) < 4.78 is 30.3. The third-order valence-electron chi connectivity index (χ3n) is 7.75. The predicted octanol–water partition coefficient (Wildman–Crippen LogP) is 6.82. The number of sulfonamides is 1. The van der Waals surface area contributed by atoms with E-state index in [9.17, 15) is 18.0 Å². The molecule has 4 aromatic rings. The molecule has 9 heteroatoms. The van der Waals surface area contributed by atoms with Gasteiger partial charge in [0.05, 0.1) is 10.6 Å². The van der Waals surface area contributed by atoms with Gasteiger partial charge in [-0.1, -0.05) is 101 Å². The number of hydrogen-bond acceptors (Lipinski definition) is 4. The van der Waals surface area contributed by atoms with Crippen LogP contribution in [0.4, 0.5) is 5.69 Å². The van der Waals surface area contributed by atoms with Gasteiger partial charge in [-0.3, -0.25) is 13.9 Å². The fraction of sp³-hybridized carbons (Fsp3) is 0.278. The van der Waals surface area contributed by atoms with Crippen LogP contribution < -0.4 is 9.62 Å². The summed E-state index contributed by atoms with van der Waals surface area (Å²) in [5.74, 6) is -0.781. The lowest BCUT2D eigenvalue weighted by atomic mass is 10.0. The van der Waals surface area contributed by atoms with Gasteiger partial charge in [0.25, 0.3) is 10.0 Å². The quantitative estimate of drug-likeness (QED) is 0.167. The van der Waals surface area contributed by atoms with Crippen molar-refractivity contribution in [2.75, 3.05) is 10.8 Å². The number of anilines is 1. The van der Waals surface area contributed by atoms with Gasteiger partial charge in [0, 0.05) is 23.5 Å². The van der Waals surface area contributed by atoms with Crippen molar-refractivity contribution >= 4 is 43.5 Å². The molecule has 0 heterocycles. The standard InChI is InChI=1S/C36H40BrN3O4S/c1-5-28(4)38-36(42)34(23-29-9-7-6-8-10-29)39(24-30-15-17-31(37)18-16-30)35(41)25-40(32-19-11-26(2)12-20-32)45(43,44)33-21-13-27(3)14-22-33/h6-22,28,34H,5,23-25H2,1-4H3,(H,38,42). The molecule has 2 atom stereocenters. The first-order chi connectivity index (χ1) is 21.5. The highest BCUT2D eigenvalue weighted by molar-refractivity contribution is 9.10. The minimum atomic E-state index is -4.14. The van der Waals surface area contributed by atoms with Gasteiger partial charge in [-0.15, -0.1) is 0 Å². The minimum absolute atomic E-state index is 0.0799. The van der Waals surface area contributed by atoms with E-state index in [1.165, 1.54) is 4.90 Å². The molecule has 1 N–H and O–H groups in total. The van der Waals surface area contributed by atoms with Crippen molar-refractivity contribution in [2.24, 2.45) is 0 Å². The van der Waals surface area contributed by atoms with Crippen molar-refractivity contribution in [3.63, 3.8) is 0 Å².